The van der Waals surface area contributed by atoms with E-state index in [0.717, 1.165) is 11.4 Å². The van der Waals surface area contributed by atoms with Gasteiger partial charge in [0.1, 0.15) is 0 Å². The molecular formula is C21H25N5O3. The number of hydrogen-bond donors (Lipinski definition) is 3. The van der Waals surface area contributed by atoms with Crippen LogP contribution in [0.25, 0.3) is 22.8 Å². The Kier molecular flexibility index (Phi) is 6.58. The Balaban J connectivity index is 1.99. The lowest BCUT2D eigenvalue weighted by atomic mass is 10.1. The molecule has 0 amide bonds. The highest BCUT2D eigenvalue weighted by Gasteiger charge is 2.10. The van der Waals surface area contributed by atoms with Gasteiger partial charge in [0.25, 0.3) is 0 Å². The summed E-state index contributed by atoms with van der Waals surface area (Å²) in [4.78, 5) is 28.2. The molecule has 0 unspecified atom stereocenters. The lowest BCUT2D eigenvalue weighted by molar-refractivity contribution is 0.304. The Morgan fingerprint density at radius 2 is 1.28 bits per heavy atom. The molecule has 29 heavy (non-hydrogen) atoms. The summed E-state index contributed by atoms with van der Waals surface area (Å²) in [6, 6.07) is 10.4. The quantitative estimate of drug-likeness (QED) is 0.529. The molecule has 0 spiro atoms. The van der Waals surface area contributed by atoms with Gasteiger partial charge in [0.05, 0.1) is 36.0 Å². The van der Waals surface area contributed by atoms with E-state index in [1.807, 2.05) is 48.2 Å². The zero-order valence-corrected chi connectivity index (χ0v) is 16.5. The fourth-order valence-corrected chi connectivity index (χ4v) is 2.99. The number of likely N-dealkylation sites (N-methyl/N-ethyl adjacent to an activating group) is 2. The molecule has 3 N–H and O–H groups in total. The summed E-state index contributed by atoms with van der Waals surface area (Å²) in [5.41, 5.74) is 4.05. The standard InChI is InChI=1S/C21H25N5O3/c1-25(7-9-27)15-3-5-22-18(11-15)20-13-17(29)14-21(24-20)19-12-16(4-6-23-19)26(2)8-10-28/h3-6,11-14,27-28H,7-10H2,1-2H3,(H,24,29). The average molecular weight is 395 g/mol. The monoisotopic (exact) mass is 395 g/mol. The lowest BCUT2D eigenvalue weighted by Crippen LogP contribution is -2.21. The second-order valence-corrected chi connectivity index (χ2v) is 6.73. The molecule has 8 nitrogen and oxygen atoms in total. The number of aliphatic hydroxyl groups is 2. The Bertz CT molecular complexity index is 944. The predicted molar refractivity (Wildman–Crippen MR) is 114 cm³/mol. The van der Waals surface area contributed by atoms with E-state index in [9.17, 15) is 4.79 Å². The van der Waals surface area contributed by atoms with Crippen molar-refractivity contribution in [3.8, 4) is 22.8 Å². The number of aromatic amines is 1. The van der Waals surface area contributed by atoms with Crippen molar-refractivity contribution in [2.45, 2.75) is 0 Å². The fraction of sp³-hybridized carbons (Fsp3) is 0.286. The van der Waals surface area contributed by atoms with Gasteiger partial charge in [-0.3, -0.25) is 14.8 Å². The van der Waals surface area contributed by atoms with Gasteiger partial charge in [0.15, 0.2) is 5.43 Å². The summed E-state index contributed by atoms with van der Waals surface area (Å²) in [6.45, 7) is 1.09. The molecule has 0 aliphatic heterocycles. The molecule has 3 aromatic rings. The molecule has 0 aliphatic carbocycles. The molecule has 0 aromatic carbocycles. The van der Waals surface area contributed by atoms with Crippen LogP contribution >= 0.6 is 0 Å². The van der Waals surface area contributed by atoms with Crippen molar-refractivity contribution in [1.29, 1.82) is 0 Å². The minimum Gasteiger partial charge on any atom is -0.395 e. The van der Waals surface area contributed by atoms with Crippen LogP contribution in [0.15, 0.2) is 53.6 Å². The van der Waals surface area contributed by atoms with E-state index in [-0.39, 0.29) is 18.6 Å². The fourth-order valence-electron chi connectivity index (χ4n) is 2.99. The molecule has 0 radical (unpaired) electrons. The first-order chi connectivity index (χ1) is 14.0. The molecule has 3 heterocycles. The number of hydrogen-bond acceptors (Lipinski definition) is 7. The maximum atomic E-state index is 12.3. The second-order valence-electron chi connectivity index (χ2n) is 6.73. The van der Waals surface area contributed by atoms with Crippen LogP contribution < -0.4 is 15.2 Å². The van der Waals surface area contributed by atoms with E-state index in [4.69, 9.17) is 10.2 Å². The third-order valence-electron chi connectivity index (χ3n) is 4.63. The topological polar surface area (TPSA) is 106 Å². The van der Waals surface area contributed by atoms with Crippen molar-refractivity contribution in [2.75, 3.05) is 50.2 Å². The van der Waals surface area contributed by atoms with E-state index >= 15 is 0 Å². The number of nitrogens with zero attached hydrogens (tertiary/aromatic N) is 4. The van der Waals surface area contributed by atoms with E-state index in [1.165, 1.54) is 12.1 Å². The highest BCUT2D eigenvalue weighted by molar-refractivity contribution is 5.66. The molecule has 3 rings (SSSR count). The van der Waals surface area contributed by atoms with Crippen LogP contribution in [0.4, 0.5) is 11.4 Å². The zero-order valence-electron chi connectivity index (χ0n) is 16.5. The minimum atomic E-state index is -0.152. The zero-order chi connectivity index (χ0) is 20.8. The van der Waals surface area contributed by atoms with Gasteiger partial charge in [-0.05, 0) is 24.3 Å². The van der Waals surface area contributed by atoms with Gasteiger partial charge in [0, 0.05) is 63.1 Å². The largest absolute Gasteiger partial charge is 0.395 e. The van der Waals surface area contributed by atoms with Crippen LogP contribution in [0.1, 0.15) is 0 Å². The van der Waals surface area contributed by atoms with Crippen molar-refractivity contribution in [3.05, 3.63) is 59.0 Å². The van der Waals surface area contributed by atoms with E-state index < -0.39 is 0 Å². The smallest absolute Gasteiger partial charge is 0.182 e. The van der Waals surface area contributed by atoms with Gasteiger partial charge >= 0.3 is 0 Å². The third kappa shape index (κ3) is 4.98. The Hall–Kier alpha value is -3.23. The highest BCUT2D eigenvalue weighted by atomic mass is 16.3. The molecule has 0 bridgehead atoms. The summed E-state index contributed by atoms with van der Waals surface area (Å²) < 4.78 is 0. The number of rotatable bonds is 8. The van der Waals surface area contributed by atoms with Crippen molar-refractivity contribution in [2.24, 2.45) is 0 Å². The number of anilines is 2. The molecule has 152 valence electrons. The lowest BCUT2D eigenvalue weighted by Gasteiger charge is -2.19. The van der Waals surface area contributed by atoms with Gasteiger partial charge in [-0.15, -0.1) is 0 Å². The maximum absolute atomic E-state index is 12.3. The van der Waals surface area contributed by atoms with Crippen LogP contribution in [0.3, 0.4) is 0 Å². The molecule has 8 heteroatoms. The van der Waals surface area contributed by atoms with Gasteiger partial charge in [-0.25, -0.2) is 0 Å². The molecule has 3 aromatic heterocycles. The predicted octanol–water partition coefficient (Wildman–Crippen LogP) is 1.36. The van der Waals surface area contributed by atoms with Crippen LogP contribution in [-0.4, -0.2) is 65.6 Å². The van der Waals surface area contributed by atoms with Gasteiger partial charge in [0.2, 0.25) is 0 Å². The summed E-state index contributed by atoms with van der Waals surface area (Å²) >= 11 is 0. The number of nitrogens with one attached hydrogen (secondary N) is 1. The summed E-state index contributed by atoms with van der Waals surface area (Å²) in [5.74, 6) is 0. The highest BCUT2D eigenvalue weighted by Crippen LogP contribution is 2.24. The van der Waals surface area contributed by atoms with Crippen LogP contribution in [0.5, 0.6) is 0 Å². The molecule has 0 aliphatic rings. The maximum Gasteiger partial charge on any atom is 0.182 e. The molecule has 0 saturated heterocycles. The third-order valence-corrected chi connectivity index (χ3v) is 4.63. The van der Waals surface area contributed by atoms with Crippen LogP contribution in [-0.2, 0) is 0 Å². The van der Waals surface area contributed by atoms with Crippen molar-refractivity contribution in [1.82, 2.24) is 15.0 Å². The first-order valence-electron chi connectivity index (χ1n) is 9.33. The SMILES string of the molecule is CN(CCO)c1ccnc(-c2cc(=O)cc(-c3cc(N(C)CCO)ccn3)[nH]2)c1. The number of H-pyrrole nitrogens is 1. The van der Waals surface area contributed by atoms with Crippen molar-refractivity contribution >= 4 is 11.4 Å². The second kappa shape index (κ2) is 9.31. The summed E-state index contributed by atoms with van der Waals surface area (Å²) in [7, 11) is 3.76. The number of aromatic nitrogens is 3. The van der Waals surface area contributed by atoms with E-state index in [1.54, 1.807) is 12.4 Å². The summed E-state index contributed by atoms with van der Waals surface area (Å²) in [6.07, 6.45) is 3.35. The molecular weight excluding hydrogens is 370 g/mol. The molecule has 0 saturated carbocycles. The van der Waals surface area contributed by atoms with Gasteiger partial charge in [-0.1, -0.05) is 0 Å². The first-order valence-corrected chi connectivity index (χ1v) is 9.33. The normalized spacial score (nSPS) is 10.8. The molecule has 0 fully saturated rings. The van der Waals surface area contributed by atoms with Gasteiger partial charge in [-0.2, -0.15) is 0 Å². The Labute approximate surface area is 169 Å². The summed E-state index contributed by atoms with van der Waals surface area (Å²) in [5, 5.41) is 18.3. The Morgan fingerprint density at radius 1 is 0.828 bits per heavy atom. The minimum absolute atomic E-state index is 0.0488. The number of aliphatic hydroxyl groups excluding tert-OH is 2. The van der Waals surface area contributed by atoms with Crippen molar-refractivity contribution < 1.29 is 10.2 Å². The van der Waals surface area contributed by atoms with Crippen LogP contribution in [0.2, 0.25) is 0 Å². The first kappa shape index (κ1) is 20.5. The van der Waals surface area contributed by atoms with Crippen LogP contribution in [0, 0.1) is 0 Å². The van der Waals surface area contributed by atoms with E-state index in [2.05, 4.69) is 15.0 Å². The van der Waals surface area contributed by atoms with Gasteiger partial charge < -0.3 is 25.0 Å². The van der Waals surface area contributed by atoms with E-state index in [0.29, 0.717) is 35.9 Å². The Morgan fingerprint density at radius 3 is 1.69 bits per heavy atom. The number of pyridine rings is 3. The average Bonchev–Trinajstić information content (AvgIpc) is 2.74. The van der Waals surface area contributed by atoms with Crippen molar-refractivity contribution in [3.63, 3.8) is 0 Å². The molecule has 0 atom stereocenters.